The molecular weight excluding hydrogens is 526 g/mol. The number of benzene rings is 2. The van der Waals surface area contributed by atoms with Gasteiger partial charge in [-0.2, -0.15) is 0 Å². The van der Waals surface area contributed by atoms with Gasteiger partial charge in [0.1, 0.15) is 0 Å². The maximum atomic E-state index is 14.4. The van der Waals surface area contributed by atoms with Gasteiger partial charge in [0.15, 0.2) is 0 Å². The molecule has 8 heteroatoms. The lowest BCUT2D eigenvalue weighted by molar-refractivity contribution is -0.139. The Morgan fingerprint density at radius 3 is 2.33 bits per heavy atom. The first-order valence-electron chi connectivity index (χ1n) is 14.1. The Morgan fingerprint density at radius 2 is 1.69 bits per heavy atom. The summed E-state index contributed by atoms with van der Waals surface area (Å²) in [7, 11) is -6.36. The highest BCUT2D eigenvalue weighted by Crippen LogP contribution is 2.51. The number of ether oxygens (including phenoxy) is 1. The molecule has 2 atom stereocenters. The summed E-state index contributed by atoms with van der Waals surface area (Å²) in [6.07, 6.45) is 4.16. The van der Waals surface area contributed by atoms with E-state index >= 15 is 0 Å². The molecule has 2 aromatic rings. The zero-order valence-corrected chi connectivity index (χ0v) is 26.2. The second-order valence-corrected chi connectivity index (χ2v) is 18.8. The van der Waals surface area contributed by atoms with Gasteiger partial charge in [-0.15, -0.1) is 0 Å². The zero-order valence-electron chi connectivity index (χ0n) is 24.4. The third-order valence-corrected chi connectivity index (χ3v) is 14.7. The fourth-order valence-electron chi connectivity index (χ4n) is 5.36. The number of fused-ring (bicyclic) bond motifs is 3. The molecule has 4 rings (SSSR count). The van der Waals surface area contributed by atoms with E-state index in [1.165, 1.54) is 4.31 Å². The van der Waals surface area contributed by atoms with Crippen LogP contribution in [0.2, 0.25) is 18.1 Å². The van der Waals surface area contributed by atoms with Gasteiger partial charge >= 0.3 is 5.97 Å². The van der Waals surface area contributed by atoms with Crippen molar-refractivity contribution in [1.29, 1.82) is 0 Å². The summed E-state index contributed by atoms with van der Waals surface area (Å²) in [5, 5.41) is -0.0934. The first-order valence-corrected chi connectivity index (χ1v) is 18.4. The van der Waals surface area contributed by atoms with Gasteiger partial charge in [0.2, 0.25) is 8.32 Å². The lowest BCUT2D eigenvalue weighted by Crippen LogP contribution is -2.45. The molecule has 1 heterocycles. The van der Waals surface area contributed by atoms with E-state index in [1.54, 1.807) is 19.1 Å². The molecule has 0 spiro atoms. The van der Waals surface area contributed by atoms with Gasteiger partial charge in [-0.25, -0.2) is 13.2 Å². The Labute approximate surface area is 235 Å². The monoisotopic (exact) mass is 569 g/mol. The van der Waals surface area contributed by atoms with Crippen LogP contribution in [0.4, 0.5) is 5.69 Å². The molecule has 39 heavy (non-hydrogen) atoms. The summed E-state index contributed by atoms with van der Waals surface area (Å²) in [5.74, 6) is -0.0641. The molecule has 2 aliphatic rings. The van der Waals surface area contributed by atoms with E-state index in [0.717, 1.165) is 36.8 Å². The van der Waals surface area contributed by atoms with Crippen LogP contribution in [0.1, 0.15) is 76.8 Å². The summed E-state index contributed by atoms with van der Waals surface area (Å²) >= 11 is 0. The molecule has 2 aromatic carbocycles. The molecular formula is C31H43NO5SSi. The van der Waals surface area contributed by atoms with Gasteiger partial charge in [0.25, 0.3) is 10.0 Å². The summed E-state index contributed by atoms with van der Waals surface area (Å²) in [5.41, 5.74) is 2.92. The van der Waals surface area contributed by atoms with Gasteiger partial charge in [-0.05, 0) is 68.6 Å². The van der Waals surface area contributed by atoms with Crippen LogP contribution in [-0.2, 0) is 24.0 Å². The lowest BCUT2D eigenvalue weighted by atomic mass is 9.86. The van der Waals surface area contributed by atoms with Crippen molar-refractivity contribution in [3.8, 4) is 0 Å². The van der Waals surface area contributed by atoms with Gasteiger partial charge in [-0.1, -0.05) is 69.5 Å². The van der Waals surface area contributed by atoms with Gasteiger partial charge in [0.05, 0.1) is 34.6 Å². The highest BCUT2D eigenvalue weighted by atomic mass is 32.2. The Balaban J connectivity index is 2.01. The molecule has 1 aliphatic carbocycles. The average Bonchev–Trinajstić information content (AvgIpc) is 3.21. The van der Waals surface area contributed by atoms with Crippen LogP contribution in [0.3, 0.4) is 0 Å². The molecule has 6 nitrogen and oxygen atoms in total. The fourth-order valence-corrected chi connectivity index (χ4v) is 8.17. The molecule has 0 amide bonds. The maximum Gasteiger partial charge on any atom is 0.339 e. The number of para-hydroxylation sites is 1. The minimum atomic E-state index is -4.01. The van der Waals surface area contributed by atoms with Gasteiger partial charge < -0.3 is 9.16 Å². The van der Waals surface area contributed by atoms with E-state index in [1.807, 2.05) is 43.3 Å². The maximum absolute atomic E-state index is 14.4. The smallest absolute Gasteiger partial charge is 0.339 e. The number of esters is 1. The fraction of sp³-hybridized carbons (Fsp3) is 0.516. The quantitative estimate of drug-likeness (QED) is 0.267. The van der Waals surface area contributed by atoms with Crippen LogP contribution in [0.15, 0.2) is 64.8 Å². The number of carbonyl (C=O) groups excluding carboxylic acids is 1. The number of hydrogen-bond donors (Lipinski definition) is 0. The van der Waals surface area contributed by atoms with E-state index < -0.39 is 30.4 Å². The summed E-state index contributed by atoms with van der Waals surface area (Å²) in [4.78, 5) is 14.1. The second-order valence-electron chi connectivity index (χ2n) is 12.2. The van der Waals surface area contributed by atoms with Crippen molar-refractivity contribution in [1.82, 2.24) is 0 Å². The van der Waals surface area contributed by atoms with Gasteiger partial charge in [0, 0.05) is 12.3 Å². The van der Waals surface area contributed by atoms with Crippen molar-refractivity contribution in [2.75, 3.05) is 10.9 Å². The summed E-state index contributed by atoms with van der Waals surface area (Å²) in [6, 6.07) is 13.9. The van der Waals surface area contributed by atoms with Crippen molar-refractivity contribution in [2.24, 2.45) is 0 Å². The van der Waals surface area contributed by atoms with E-state index in [0.29, 0.717) is 23.4 Å². The molecule has 0 fully saturated rings. The van der Waals surface area contributed by atoms with Crippen molar-refractivity contribution in [3.63, 3.8) is 0 Å². The molecule has 0 N–H and O–H groups in total. The summed E-state index contributed by atoms with van der Waals surface area (Å²) < 4.78 is 42.9. The number of allylic oxidation sites excluding steroid dienone is 1. The third kappa shape index (κ3) is 5.68. The number of carbonyl (C=O) groups is 1. The average molecular weight is 570 g/mol. The van der Waals surface area contributed by atoms with Crippen LogP contribution in [0, 0.1) is 6.92 Å². The Morgan fingerprint density at radius 1 is 1.03 bits per heavy atom. The van der Waals surface area contributed by atoms with Crippen molar-refractivity contribution >= 4 is 30.0 Å². The molecule has 0 aromatic heterocycles. The van der Waals surface area contributed by atoms with E-state index in [9.17, 15) is 13.2 Å². The highest BCUT2D eigenvalue weighted by Gasteiger charge is 2.50. The predicted octanol–water partition coefficient (Wildman–Crippen LogP) is 7.46. The molecule has 1 aliphatic heterocycles. The van der Waals surface area contributed by atoms with Crippen molar-refractivity contribution < 1.29 is 22.4 Å². The van der Waals surface area contributed by atoms with Crippen LogP contribution >= 0.6 is 0 Å². The second kappa shape index (κ2) is 11.1. The standard InChI is InChI=1S/C31H43NO5SSi/c1-8-36-30(33)28-27(37-39(6,7)31(3,4)5)17-11-9-10-15-25-24-14-12-13-16-26(24)32(29(25)28)38(34,35)23-20-18-22(2)19-21-23/h12-14,16,18-21,25,29H,8-11,15,17H2,1-7H3/b28-27-. The Kier molecular flexibility index (Phi) is 8.38. The van der Waals surface area contributed by atoms with Crippen LogP contribution in [-0.4, -0.2) is 35.4 Å². The predicted molar refractivity (Wildman–Crippen MR) is 159 cm³/mol. The number of nitrogens with zero attached hydrogens (tertiary/aromatic N) is 1. The lowest BCUT2D eigenvalue weighted by Gasteiger charge is -2.39. The number of aryl methyl sites for hydroxylation is 1. The first-order chi connectivity index (χ1) is 18.3. The minimum absolute atomic E-state index is 0.0934. The normalized spacial score (nSPS) is 22.3. The largest absolute Gasteiger partial charge is 0.546 e. The number of hydrogen-bond acceptors (Lipinski definition) is 5. The number of sulfonamides is 1. The Bertz CT molecular complexity index is 1340. The molecule has 212 valence electrons. The molecule has 0 bridgehead atoms. The summed E-state index contributed by atoms with van der Waals surface area (Å²) in [6.45, 7) is 14.7. The van der Waals surface area contributed by atoms with Crippen molar-refractivity contribution in [2.45, 2.75) is 102 Å². The molecule has 2 unspecified atom stereocenters. The Hall–Kier alpha value is -2.58. The molecule has 0 radical (unpaired) electrons. The van der Waals surface area contributed by atoms with Crippen LogP contribution < -0.4 is 4.31 Å². The molecule has 0 saturated heterocycles. The molecule has 0 saturated carbocycles. The zero-order chi connectivity index (χ0) is 28.6. The van der Waals surface area contributed by atoms with Crippen LogP contribution in [0.25, 0.3) is 0 Å². The third-order valence-electron chi connectivity index (χ3n) is 8.48. The topological polar surface area (TPSA) is 72.9 Å². The van der Waals surface area contributed by atoms with Crippen LogP contribution in [0.5, 0.6) is 0 Å². The first kappa shape index (κ1) is 29.4. The van der Waals surface area contributed by atoms with Gasteiger partial charge in [-0.3, -0.25) is 4.31 Å². The highest BCUT2D eigenvalue weighted by molar-refractivity contribution is 7.93. The SMILES string of the molecule is CCOC(=O)/C1=C(\O[Si](C)(C)C(C)(C)C)CCCCCC2c3ccccc3N(S(=O)(=O)c3ccc(C)cc3)C12. The van der Waals surface area contributed by atoms with Crippen molar-refractivity contribution in [3.05, 3.63) is 71.0 Å². The van der Waals surface area contributed by atoms with E-state index in [4.69, 9.17) is 9.16 Å². The van der Waals surface area contributed by atoms with E-state index in [-0.39, 0.29) is 22.5 Å². The van der Waals surface area contributed by atoms with E-state index in [2.05, 4.69) is 33.9 Å². The minimum Gasteiger partial charge on any atom is -0.546 e. The number of anilines is 1. The number of rotatable bonds is 6.